The second kappa shape index (κ2) is 12.1. The zero-order valence-corrected chi connectivity index (χ0v) is 24.1. The number of carbonyl (C=O) groups excluding carboxylic acids is 1. The molecule has 12 heteroatoms. The SMILES string of the molecule is COc1ccc(C(=O)N2CCN(C)CC2)cc1Cc1ncc(Cl)c(Nc2ccccc2S(=O)(=O)NC2CCC2)n1. The maximum absolute atomic E-state index is 13.2. The Bertz CT molecular complexity index is 1490. The number of carbonyl (C=O) groups is 1. The van der Waals surface area contributed by atoms with E-state index < -0.39 is 10.0 Å². The van der Waals surface area contributed by atoms with Crippen LogP contribution in [0, 0.1) is 0 Å². The summed E-state index contributed by atoms with van der Waals surface area (Å²) in [6.45, 7) is 3.03. The van der Waals surface area contributed by atoms with Gasteiger partial charge in [0.15, 0.2) is 5.82 Å². The Labute approximate surface area is 239 Å². The van der Waals surface area contributed by atoms with Crippen molar-refractivity contribution in [3.05, 3.63) is 70.6 Å². The van der Waals surface area contributed by atoms with Crippen LogP contribution in [0.25, 0.3) is 0 Å². The van der Waals surface area contributed by atoms with Crippen molar-refractivity contribution < 1.29 is 17.9 Å². The minimum absolute atomic E-state index is 0.0234. The topological polar surface area (TPSA) is 117 Å². The molecule has 1 aliphatic carbocycles. The Morgan fingerprint density at radius 2 is 1.88 bits per heavy atom. The first-order valence-electron chi connectivity index (χ1n) is 13.3. The van der Waals surface area contributed by atoms with E-state index in [1.807, 2.05) is 18.0 Å². The normalized spacial score (nSPS) is 16.4. The summed E-state index contributed by atoms with van der Waals surface area (Å²) in [5.74, 6) is 1.30. The molecule has 2 aliphatic rings. The Kier molecular flexibility index (Phi) is 8.55. The van der Waals surface area contributed by atoms with Crippen LogP contribution < -0.4 is 14.8 Å². The molecule has 1 amide bonds. The van der Waals surface area contributed by atoms with Gasteiger partial charge in [-0.05, 0) is 50.2 Å². The number of likely N-dealkylation sites (N-methyl/N-ethyl adjacent to an activating group) is 1. The number of ether oxygens (including phenoxy) is 1. The summed E-state index contributed by atoms with van der Waals surface area (Å²) in [6, 6.07) is 12.0. The molecule has 212 valence electrons. The molecule has 1 saturated carbocycles. The monoisotopic (exact) mass is 584 g/mol. The lowest BCUT2D eigenvalue weighted by Crippen LogP contribution is -2.47. The zero-order valence-electron chi connectivity index (χ0n) is 22.6. The molecule has 0 bridgehead atoms. The summed E-state index contributed by atoms with van der Waals surface area (Å²) in [4.78, 5) is 26.3. The van der Waals surface area contributed by atoms with E-state index in [1.165, 1.54) is 6.20 Å². The zero-order chi connectivity index (χ0) is 28.3. The fraction of sp³-hybridized carbons (Fsp3) is 0.393. The average Bonchev–Trinajstić information content (AvgIpc) is 2.93. The van der Waals surface area contributed by atoms with E-state index >= 15 is 0 Å². The standard InChI is InChI=1S/C28H33ClN6O4S/c1-34-12-14-35(15-13-34)28(36)19-10-11-24(39-2)20(16-19)17-26-30-18-22(29)27(32-26)31-23-8-3-4-9-25(23)40(37,38)33-21-6-5-7-21/h3-4,8-11,16,18,21,33H,5-7,12-15,17H2,1-2H3,(H,30,31,32). The van der Waals surface area contributed by atoms with Gasteiger partial charge in [-0.25, -0.2) is 23.1 Å². The maximum atomic E-state index is 13.2. The molecule has 0 radical (unpaired) electrons. The van der Waals surface area contributed by atoms with Gasteiger partial charge in [-0.1, -0.05) is 30.2 Å². The molecule has 3 aromatic rings. The Morgan fingerprint density at radius 1 is 1.12 bits per heavy atom. The van der Waals surface area contributed by atoms with Gasteiger partial charge in [0.05, 0.1) is 19.0 Å². The number of amides is 1. The van der Waals surface area contributed by atoms with Crippen LogP contribution >= 0.6 is 11.6 Å². The highest BCUT2D eigenvalue weighted by Crippen LogP contribution is 2.30. The molecule has 40 heavy (non-hydrogen) atoms. The number of hydrogen-bond acceptors (Lipinski definition) is 8. The van der Waals surface area contributed by atoms with Crippen molar-refractivity contribution in [2.75, 3.05) is 45.7 Å². The molecule has 2 N–H and O–H groups in total. The van der Waals surface area contributed by atoms with Crippen LogP contribution in [0.2, 0.25) is 5.02 Å². The summed E-state index contributed by atoms with van der Waals surface area (Å²) in [7, 11) is -0.108. The van der Waals surface area contributed by atoms with Crippen molar-refractivity contribution in [3.63, 3.8) is 0 Å². The predicted octanol–water partition coefficient (Wildman–Crippen LogP) is 3.69. The molecule has 2 fully saturated rings. The molecule has 5 rings (SSSR count). The second-order valence-corrected chi connectivity index (χ2v) is 12.2. The molecule has 0 unspecified atom stereocenters. The molecular weight excluding hydrogens is 552 g/mol. The number of halogens is 1. The highest BCUT2D eigenvalue weighted by Gasteiger charge is 2.27. The largest absolute Gasteiger partial charge is 0.496 e. The minimum Gasteiger partial charge on any atom is -0.496 e. The number of methoxy groups -OCH3 is 1. The molecule has 1 aromatic heterocycles. The van der Waals surface area contributed by atoms with E-state index in [4.69, 9.17) is 16.3 Å². The van der Waals surface area contributed by atoms with Gasteiger partial charge in [0.1, 0.15) is 21.5 Å². The van der Waals surface area contributed by atoms with Crippen LogP contribution in [-0.4, -0.2) is 80.5 Å². The van der Waals surface area contributed by atoms with Crippen LogP contribution in [0.15, 0.2) is 53.6 Å². The number of hydrogen-bond donors (Lipinski definition) is 2. The van der Waals surface area contributed by atoms with Gasteiger partial charge in [0.25, 0.3) is 5.91 Å². The van der Waals surface area contributed by atoms with E-state index in [0.717, 1.165) is 37.9 Å². The number of rotatable bonds is 9. The number of para-hydroxylation sites is 1. The number of nitrogens with one attached hydrogen (secondary N) is 2. The van der Waals surface area contributed by atoms with Crippen molar-refractivity contribution >= 4 is 39.0 Å². The minimum atomic E-state index is -3.73. The lowest BCUT2D eigenvalue weighted by atomic mass is 9.94. The first kappa shape index (κ1) is 28.3. The van der Waals surface area contributed by atoms with Crippen molar-refractivity contribution in [1.29, 1.82) is 0 Å². The van der Waals surface area contributed by atoms with E-state index in [0.29, 0.717) is 35.9 Å². The number of aromatic nitrogens is 2. The number of benzene rings is 2. The van der Waals surface area contributed by atoms with Gasteiger partial charge in [-0.3, -0.25) is 4.79 Å². The fourth-order valence-electron chi connectivity index (χ4n) is 4.73. The molecule has 10 nitrogen and oxygen atoms in total. The number of nitrogens with zero attached hydrogens (tertiary/aromatic N) is 4. The third kappa shape index (κ3) is 6.38. The summed E-state index contributed by atoms with van der Waals surface area (Å²) < 4.78 is 34.5. The summed E-state index contributed by atoms with van der Waals surface area (Å²) in [6.07, 6.45) is 4.44. The Balaban J connectivity index is 1.38. The highest BCUT2D eigenvalue weighted by atomic mass is 35.5. The molecule has 2 aromatic carbocycles. The average molecular weight is 585 g/mol. The summed E-state index contributed by atoms with van der Waals surface area (Å²) >= 11 is 6.42. The number of sulfonamides is 1. The van der Waals surface area contributed by atoms with Crippen LogP contribution in [0.5, 0.6) is 5.75 Å². The van der Waals surface area contributed by atoms with Crippen molar-refractivity contribution in [1.82, 2.24) is 24.5 Å². The summed E-state index contributed by atoms with van der Waals surface area (Å²) in [5.41, 5.74) is 1.69. The molecular formula is C28H33ClN6O4S. The van der Waals surface area contributed by atoms with Crippen LogP contribution in [0.1, 0.15) is 41.0 Å². The van der Waals surface area contributed by atoms with E-state index in [1.54, 1.807) is 43.5 Å². The summed E-state index contributed by atoms with van der Waals surface area (Å²) in [5, 5.41) is 3.33. The maximum Gasteiger partial charge on any atom is 0.253 e. The molecule has 2 heterocycles. The van der Waals surface area contributed by atoms with Crippen LogP contribution in [-0.2, 0) is 16.4 Å². The van der Waals surface area contributed by atoms with E-state index in [9.17, 15) is 13.2 Å². The van der Waals surface area contributed by atoms with Gasteiger partial charge >= 0.3 is 0 Å². The smallest absolute Gasteiger partial charge is 0.253 e. The van der Waals surface area contributed by atoms with E-state index in [-0.39, 0.29) is 34.1 Å². The van der Waals surface area contributed by atoms with Gasteiger partial charge in [0.2, 0.25) is 10.0 Å². The lowest BCUT2D eigenvalue weighted by molar-refractivity contribution is 0.0664. The lowest BCUT2D eigenvalue weighted by Gasteiger charge is -2.32. The Hall–Kier alpha value is -3.25. The van der Waals surface area contributed by atoms with Crippen molar-refractivity contribution in [2.24, 2.45) is 0 Å². The molecule has 0 atom stereocenters. The van der Waals surface area contributed by atoms with Crippen LogP contribution in [0.4, 0.5) is 11.5 Å². The van der Waals surface area contributed by atoms with Gasteiger partial charge in [-0.15, -0.1) is 0 Å². The highest BCUT2D eigenvalue weighted by molar-refractivity contribution is 7.89. The van der Waals surface area contributed by atoms with Crippen LogP contribution in [0.3, 0.4) is 0 Å². The molecule has 0 spiro atoms. The second-order valence-electron chi connectivity index (χ2n) is 10.2. The third-order valence-electron chi connectivity index (χ3n) is 7.32. The van der Waals surface area contributed by atoms with Crippen molar-refractivity contribution in [2.45, 2.75) is 36.6 Å². The number of piperazine rings is 1. The van der Waals surface area contributed by atoms with E-state index in [2.05, 4.69) is 24.9 Å². The molecule has 1 saturated heterocycles. The van der Waals surface area contributed by atoms with Gasteiger partial charge in [-0.2, -0.15) is 0 Å². The number of anilines is 2. The van der Waals surface area contributed by atoms with Gasteiger partial charge < -0.3 is 19.9 Å². The predicted molar refractivity (Wildman–Crippen MR) is 154 cm³/mol. The third-order valence-corrected chi connectivity index (χ3v) is 9.17. The first-order valence-corrected chi connectivity index (χ1v) is 15.1. The quantitative estimate of drug-likeness (QED) is 0.391. The molecule has 1 aliphatic heterocycles. The Morgan fingerprint density at radius 3 is 2.58 bits per heavy atom. The van der Waals surface area contributed by atoms with Gasteiger partial charge in [0, 0.05) is 49.8 Å². The fourth-order valence-corrected chi connectivity index (χ4v) is 6.34. The first-order chi connectivity index (χ1) is 19.2. The van der Waals surface area contributed by atoms with Crippen molar-refractivity contribution in [3.8, 4) is 5.75 Å².